The van der Waals surface area contributed by atoms with Gasteiger partial charge in [-0.15, -0.1) is 11.3 Å². The lowest BCUT2D eigenvalue weighted by molar-refractivity contribution is -0.117. The van der Waals surface area contributed by atoms with E-state index >= 15 is 0 Å². The van der Waals surface area contributed by atoms with Crippen LogP contribution < -0.4 is 16.0 Å². The van der Waals surface area contributed by atoms with Crippen molar-refractivity contribution in [3.63, 3.8) is 0 Å². The minimum absolute atomic E-state index is 0.145. The maximum absolute atomic E-state index is 13.2. The topological polar surface area (TPSA) is 71.2 Å². The molecule has 0 atom stereocenters. The number of nitrogen functional groups attached to an aromatic ring is 1. The van der Waals surface area contributed by atoms with E-state index in [2.05, 4.69) is 33.9 Å². The highest BCUT2D eigenvalue weighted by Gasteiger charge is 2.26. The standard InChI is InChI=1S/C28H28N4OS/c29-28-26-23(17-34-27(26)22(16-31-28)19-8-11-30-12-9-19)21-7-6-20-10-13-32(24(20)15-21)25(33)14-18-4-2-1-3-5-18/h1-7,15-17,19,30H,8-14H2,(H2,29,31). The maximum Gasteiger partial charge on any atom is 0.231 e. The van der Waals surface area contributed by atoms with E-state index in [0.29, 0.717) is 18.2 Å². The van der Waals surface area contributed by atoms with Gasteiger partial charge in [0.25, 0.3) is 0 Å². The van der Waals surface area contributed by atoms with Crippen LogP contribution in [-0.4, -0.2) is 30.5 Å². The van der Waals surface area contributed by atoms with Crippen molar-refractivity contribution in [3.05, 3.63) is 76.8 Å². The highest BCUT2D eigenvalue weighted by molar-refractivity contribution is 7.18. The summed E-state index contributed by atoms with van der Waals surface area (Å²) in [7, 11) is 0. The molecule has 0 aliphatic carbocycles. The fourth-order valence-electron chi connectivity index (χ4n) is 5.39. The zero-order chi connectivity index (χ0) is 23.1. The molecule has 4 heterocycles. The molecule has 2 aliphatic heterocycles. The molecule has 3 N–H and O–H groups in total. The first-order valence-electron chi connectivity index (χ1n) is 12.0. The molecule has 5 nitrogen and oxygen atoms in total. The molecule has 2 aliphatic rings. The lowest BCUT2D eigenvalue weighted by atomic mass is 9.90. The van der Waals surface area contributed by atoms with E-state index in [1.807, 2.05) is 41.4 Å². The molecule has 1 fully saturated rings. The van der Waals surface area contributed by atoms with E-state index in [1.165, 1.54) is 15.8 Å². The number of thiophene rings is 1. The summed E-state index contributed by atoms with van der Waals surface area (Å²) < 4.78 is 1.26. The first-order chi connectivity index (χ1) is 16.7. The number of piperidine rings is 1. The summed E-state index contributed by atoms with van der Waals surface area (Å²) in [6.45, 7) is 2.83. The Kier molecular flexibility index (Phi) is 5.55. The van der Waals surface area contributed by atoms with Gasteiger partial charge in [0.05, 0.1) is 6.42 Å². The lowest BCUT2D eigenvalue weighted by Gasteiger charge is -2.23. The average molecular weight is 469 g/mol. The monoisotopic (exact) mass is 468 g/mol. The van der Waals surface area contributed by atoms with Crippen molar-refractivity contribution in [1.82, 2.24) is 10.3 Å². The van der Waals surface area contributed by atoms with Gasteiger partial charge in [0, 0.05) is 34.1 Å². The van der Waals surface area contributed by atoms with Crippen LogP contribution in [-0.2, 0) is 17.6 Å². The summed E-state index contributed by atoms with van der Waals surface area (Å²) in [6.07, 6.45) is 5.56. The van der Waals surface area contributed by atoms with Crippen LogP contribution >= 0.6 is 11.3 Å². The van der Waals surface area contributed by atoms with Crippen LogP contribution in [0.2, 0.25) is 0 Å². The number of pyridine rings is 1. The van der Waals surface area contributed by atoms with Crippen LogP contribution in [0.1, 0.15) is 35.4 Å². The molecule has 0 unspecified atom stereocenters. The van der Waals surface area contributed by atoms with Gasteiger partial charge in [-0.3, -0.25) is 4.79 Å². The second-order valence-electron chi connectivity index (χ2n) is 9.28. The van der Waals surface area contributed by atoms with Gasteiger partial charge in [0.2, 0.25) is 5.91 Å². The van der Waals surface area contributed by atoms with Crippen LogP contribution in [0.5, 0.6) is 0 Å². The Morgan fingerprint density at radius 2 is 1.97 bits per heavy atom. The van der Waals surface area contributed by atoms with Gasteiger partial charge in [-0.1, -0.05) is 42.5 Å². The number of carbonyl (C=O) groups is 1. The number of anilines is 2. The van der Waals surface area contributed by atoms with Gasteiger partial charge in [-0.2, -0.15) is 0 Å². The predicted molar refractivity (Wildman–Crippen MR) is 141 cm³/mol. The van der Waals surface area contributed by atoms with Crippen molar-refractivity contribution in [3.8, 4) is 11.1 Å². The summed E-state index contributed by atoms with van der Waals surface area (Å²) in [6, 6.07) is 16.5. The number of carbonyl (C=O) groups excluding carboxylic acids is 1. The number of aromatic nitrogens is 1. The number of amides is 1. The second kappa shape index (κ2) is 8.85. The quantitative estimate of drug-likeness (QED) is 0.435. The zero-order valence-electron chi connectivity index (χ0n) is 19.1. The van der Waals surface area contributed by atoms with Gasteiger partial charge in [0.1, 0.15) is 5.82 Å². The number of benzene rings is 2. The predicted octanol–water partition coefficient (Wildman–Crippen LogP) is 5.14. The van der Waals surface area contributed by atoms with Crippen LogP contribution in [0.4, 0.5) is 11.5 Å². The van der Waals surface area contributed by atoms with Crippen molar-refractivity contribution >= 4 is 38.8 Å². The first-order valence-corrected chi connectivity index (χ1v) is 12.9. The van der Waals surface area contributed by atoms with Crippen LogP contribution in [0, 0.1) is 0 Å². The third kappa shape index (κ3) is 3.77. The SMILES string of the molecule is Nc1ncc(C2CCNCC2)c2scc(-c3ccc4c(c3)N(C(=O)Cc3ccccc3)CC4)c12. The molecule has 4 aromatic rings. The molecule has 1 amide bonds. The Morgan fingerprint density at radius 3 is 2.79 bits per heavy atom. The molecule has 2 aromatic carbocycles. The van der Waals surface area contributed by atoms with Crippen molar-refractivity contribution in [2.75, 3.05) is 30.3 Å². The largest absolute Gasteiger partial charge is 0.383 e. The number of hydrogen-bond donors (Lipinski definition) is 2. The van der Waals surface area contributed by atoms with Crippen molar-refractivity contribution in [1.29, 1.82) is 0 Å². The normalized spacial score (nSPS) is 16.2. The summed E-state index contributed by atoms with van der Waals surface area (Å²) in [5.41, 5.74) is 13.3. The number of hydrogen-bond acceptors (Lipinski definition) is 5. The molecule has 6 heteroatoms. The van der Waals surface area contributed by atoms with Gasteiger partial charge in [-0.05, 0) is 72.0 Å². The number of nitrogens with zero attached hydrogens (tertiary/aromatic N) is 2. The number of nitrogens with one attached hydrogen (secondary N) is 1. The molecule has 172 valence electrons. The minimum Gasteiger partial charge on any atom is -0.383 e. The molecule has 0 radical (unpaired) electrons. The molecular formula is C28H28N4OS. The second-order valence-corrected chi connectivity index (χ2v) is 10.2. The van der Waals surface area contributed by atoms with E-state index in [1.54, 1.807) is 11.3 Å². The molecular weight excluding hydrogens is 440 g/mol. The Bertz CT molecular complexity index is 1360. The number of rotatable bonds is 4. The Hall–Kier alpha value is -3.22. The average Bonchev–Trinajstić information content (AvgIpc) is 3.50. The molecule has 34 heavy (non-hydrogen) atoms. The van der Waals surface area contributed by atoms with E-state index in [9.17, 15) is 4.79 Å². The molecule has 0 bridgehead atoms. The summed E-state index contributed by atoms with van der Waals surface area (Å²) in [5.74, 6) is 1.25. The Labute approximate surface area is 203 Å². The smallest absolute Gasteiger partial charge is 0.231 e. The fourth-order valence-corrected chi connectivity index (χ4v) is 6.57. The Balaban J connectivity index is 1.36. The first kappa shape index (κ1) is 21.3. The molecule has 0 spiro atoms. The zero-order valence-corrected chi connectivity index (χ0v) is 19.9. The third-order valence-electron chi connectivity index (χ3n) is 7.22. The van der Waals surface area contributed by atoms with Crippen molar-refractivity contribution in [2.45, 2.75) is 31.6 Å². The lowest BCUT2D eigenvalue weighted by Crippen LogP contribution is -2.30. The van der Waals surface area contributed by atoms with E-state index in [0.717, 1.165) is 66.7 Å². The van der Waals surface area contributed by atoms with Crippen molar-refractivity contribution in [2.24, 2.45) is 0 Å². The molecule has 2 aromatic heterocycles. The van der Waals surface area contributed by atoms with E-state index < -0.39 is 0 Å². The van der Waals surface area contributed by atoms with Crippen LogP contribution in [0.25, 0.3) is 21.2 Å². The van der Waals surface area contributed by atoms with Gasteiger partial charge < -0.3 is 16.0 Å². The highest BCUT2D eigenvalue weighted by Crippen LogP contribution is 2.43. The van der Waals surface area contributed by atoms with Crippen molar-refractivity contribution < 1.29 is 4.79 Å². The number of fused-ring (bicyclic) bond motifs is 2. The summed E-state index contributed by atoms with van der Waals surface area (Å²) in [5, 5.41) is 6.72. The van der Waals surface area contributed by atoms with Crippen LogP contribution in [0.15, 0.2) is 60.1 Å². The van der Waals surface area contributed by atoms with E-state index in [4.69, 9.17) is 5.73 Å². The minimum atomic E-state index is 0.145. The molecule has 1 saturated heterocycles. The van der Waals surface area contributed by atoms with Crippen LogP contribution in [0.3, 0.4) is 0 Å². The molecule has 0 saturated carbocycles. The molecule has 6 rings (SSSR count). The van der Waals surface area contributed by atoms with Gasteiger partial charge in [-0.25, -0.2) is 4.98 Å². The van der Waals surface area contributed by atoms with E-state index in [-0.39, 0.29) is 5.91 Å². The van der Waals surface area contributed by atoms with Gasteiger partial charge >= 0.3 is 0 Å². The van der Waals surface area contributed by atoms with Gasteiger partial charge in [0.15, 0.2) is 0 Å². The Morgan fingerprint density at radius 1 is 1.15 bits per heavy atom. The number of nitrogens with two attached hydrogens (primary N) is 1. The highest BCUT2D eigenvalue weighted by atomic mass is 32.1. The summed E-state index contributed by atoms with van der Waals surface area (Å²) >= 11 is 1.76. The third-order valence-corrected chi connectivity index (χ3v) is 8.25. The maximum atomic E-state index is 13.2. The summed E-state index contributed by atoms with van der Waals surface area (Å²) in [4.78, 5) is 19.7. The fraction of sp³-hybridized carbons (Fsp3) is 0.286.